The molecule has 5 N–H and O–H groups in total. The number of hydrogen-bond donors (Lipinski definition) is 5. The molecule has 1 aliphatic carbocycles. The highest BCUT2D eigenvalue weighted by Gasteiger charge is 2.49. The van der Waals surface area contributed by atoms with E-state index in [0.717, 1.165) is 32.9 Å². The van der Waals surface area contributed by atoms with Crippen molar-refractivity contribution in [3.8, 4) is 11.1 Å². The summed E-state index contributed by atoms with van der Waals surface area (Å²) in [5.74, 6) is -0.0252. The molecule has 2 heterocycles. The van der Waals surface area contributed by atoms with Crippen molar-refractivity contribution in [2.45, 2.75) is 43.1 Å². The molecule has 0 radical (unpaired) electrons. The number of fused-ring (bicyclic) bond motifs is 3. The smallest absolute Gasteiger partial charge is 0.407 e. The lowest BCUT2D eigenvalue weighted by Crippen LogP contribution is -2.48. The molecule has 43 heavy (non-hydrogen) atoms. The Hall–Kier alpha value is -4.46. The van der Waals surface area contributed by atoms with Crippen LogP contribution in [-0.4, -0.2) is 77.1 Å². The Morgan fingerprint density at radius 2 is 1.56 bits per heavy atom. The first-order valence-corrected chi connectivity index (χ1v) is 14.1. The molecule has 228 valence electrons. The second kappa shape index (κ2) is 13.2. The van der Waals surface area contributed by atoms with Crippen LogP contribution >= 0.6 is 0 Å². The maximum atomic E-state index is 12.4. The van der Waals surface area contributed by atoms with Gasteiger partial charge in [0.15, 0.2) is 5.72 Å². The second-order valence-electron chi connectivity index (χ2n) is 10.5. The molecule has 0 unspecified atom stereocenters. The number of nitrogens with zero attached hydrogens (tertiary/aromatic N) is 1. The van der Waals surface area contributed by atoms with Crippen LogP contribution in [0.1, 0.15) is 36.3 Å². The summed E-state index contributed by atoms with van der Waals surface area (Å²) < 4.78 is 17.5. The molecule has 1 aromatic heterocycles. The topological polar surface area (TPSA) is 181 Å². The summed E-state index contributed by atoms with van der Waals surface area (Å²) in [4.78, 5) is 50.6. The molecule has 13 nitrogen and oxygen atoms in total. The summed E-state index contributed by atoms with van der Waals surface area (Å²) >= 11 is 0. The fourth-order valence-electron chi connectivity index (χ4n) is 5.59. The van der Waals surface area contributed by atoms with Gasteiger partial charge < -0.3 is 35.1 Å². The number of H-pyrrole nitrogens is 1. The van der Waals surface area contributed by atoms with E-state index in [2.05, 4.69) is 39.9 Å². The molecular formula is C30H34N4O9. The number of carbonyl (C=O) groups is 2. The number of aromatic amines is 1. The third-order valence-corrected chi connectivity index (χ3v) is 7.69. The Morgan fingerprint density at radius 1 is 0.953 bits per heavy atom. The number of ether oxygens (including phenoxy) is 3. The molecule has 2 aliphatic rings. The van der Waals surface area contributed by atoms with Gasteiger partial charge in [-0.2, -0.15) is 0 Å². The number of rotatable bonds is 11. The predicted molar refractivity (Wildman–Crippen MR) is 154 cm³/mol. The van der Waals surface area contributed by atoms with Crippen LogP contribution in [0.3, 0.4) is 0 Å². The molecule has 3 aromatic rings. The molecular weight excluding hydrogens is 560 g/mol. The maximum Gasteiger partial charge on any atom is 0.407 e. The van der Waals surface area contributed by atoms with Crippen molar-refractivity contribution < 1.29 is 34.0 Å². The first kappa shape index (κ1) is 30.0. The fourth-order valence-corrected chi connectivity index (χ4v) is 5.59. The number of unbranched alkanes of at least 4 members (excludes halogenated alkanes) is 1. The summed E-state index contributed by atoms with van der Waals surface area (Å²) in [7, 11) is 0. The van der Waals surface area contributed by atoms with Crippen molar-refractivity contribution in [1.29, 1.82) is 0 Å². The zero-order valence-electron chi connectivity index (χ0n) is 23.4. The molecule has 2 amide bonds. The van der Waals surface area contributed by atoms with Crippen LogP contribution in [0.4, 0.5) is 9.59 Å². The van der Waals surface area contributed by atoms with Crippen LogP contribution in [0.25, 0.3) is 11.1 Å². The number of amides is 2. The van der Waals surface area contributed by atoms with Crippen LogP contribution in [0, 0.1) is 0 Å². The number of aromatic nitrogens is 2. The van der Waals surface area contributed by atoms with Crippen LogP contribution in [0.15, 0.2) is 70.4 Å². The monoisotopic (exact) mass is 594 g/mol. The molecule has 1 saturated heterocycles. The fraction of sp³-hybridized carbons (Fsp3) is 0.400. The molecule has 0 spiro atoms. The van der Waals surface area contributed by atoms with Crippen LogP contribution in [0.2, 0.25) is 0 Å². The van der Waals surface area contributed by atoms with Gasteiger partial charge in [0.2, 0.25) is 0 Å². The minimum Gasteiger partial charge on any atom is -0.449 e. The number of aliphatic hydroxyl groups excluding tert-OH is 2. The summed E-state index contributed by atoms with van der Waals surface area (Å²) in [6.07, 6.45) is -1.31. The SMILES string of the molecule is O=C(NCCCCNC(=O)OC[C@]1(n2ccc(=O)[nH]c2=O)C[C@H](O)[C@@H](CO)O1)OCC1c2ccccc2-c2ccccc21. The lowest BCUT2D eigenvalue weighted by atomic mass is 9.98. The molecule has 1 fully saturated rings. The van der Waals surface area contributed by atoms with Crippen molar-refractivity contribution in [3.63, 3.8) is 0 Å². The standard InChI is InChI=1S/C30H34N4O9/c35-16-25-24(36)15-30(43-25,34-14-11-26(37)33-27(34)38)18-42-29(40)32-13-6-5-12-31-28(39)41-17-23-21-9-3-1-7-19(21)20-8-2-4-10-22(20)23/h1-4,7-11,14,23-25,35-36H,5-6,12-13,15-18H2,(H,31,39)(H,32,40)(H,33,37,38)/t24-,25+,30-/m0/s1. The number of hydrogen-bond acceptors (Lipinski definition) is 9. The molecule has 0 bridgehead atoms. The van der Waals surface area contributed by atoms with E-state index in [0.29, 0.717) is 19.4 Å². The Balaban J connectivity index is 1.02. The first-order valence-electron chi connectivity index (χ1n) is 14.1. The number of carbonyl (C=O) groups excluding carboxylic acids is 2. The average Bonchev–Trinajstić information content (AvgIpc) is 3.51. The van der Waals surface area contributed by atoms with E-state index in [9.17, 15) is 29.4 Å². The van der Waals surface area contributed by atoms with Gasteiger partial charge >= 0.3 is 17.9 Å². The number of aliphatic hydroxyl groups is 2. The Kier molecular flexibility index (Phi) is 9.24. The van der Waals surface area contributed by atoms with Gasteiger partial charge in [-0.25, -0.2) is 14.4 Å². The van der Waals surface area contributed by atoms with Crippen LogP contribution < -0.4 is 21.9 Å². The van der Waals surface area contributed by atoms with Gasteiger partial charge in [0.05, 0.1) is 12.7 Å². The lowest BCUT2D eigenvalue weighted by molar-refractivity contribution is -0.143. The molecule has 3 atom stereocenters. The lowest BCUT2D eigenvalue weighted by Gasteiger charge is -2.30. The summed E-state index contributed by atoms with van der Waals surface area (Å²) in [5.41, 5.74) is 1.53. The molecule has 1 aliphatic heterocycles. The minimum atomic E-state index is -1.61. The van der Waals surface area contributed by atoms with E-state index in [1.54, 1.807) is 0 Å². The third kappa shape index (κ3) is 6.63. The summed E-state index contributed by atoms with van der Waals surface area (Å²) in [6.45, 7) is -0.155. The molecule has 0 saturated carbocycles. The zero-order chi connectivity index (χ0) is 30.4. The van der Waals surface area contributed by atoms with Gasteiger partial charge in [0, 0.05) is 37.7 Å². The van der Waals surface area contributed by atoms with E-state index in [1.165, 1.54) is 6.20 Å². The Morgan fingerprint density at radius 3 is 2.14 bits per heavy atom. The van der Waals surface area contributed by atoms with Gasteiger partial charge in [-0.05, 0) is 35.1 Å². The second-order valence-corrected chi connectivity index (χ2v) is 10.5. The van der Waals surface area contributed by atoms with E-state index < -0.39 is 54.6 Å². The zero-order valence-corrected chi connectivity index (χ0v) is 23.4. The van der Waals surface area contributed by atoms with Gasteiger partial charge in [-0.3, -0.25) is 14.3 Å². The average molecular weight is 595 g/mol. The predicted octanol–water partition coefficient (Wildman–Crippen LogP) is 1.38. The molecule has 13 heteroatoms. The van der Waals surface area contributed by atoms with Gasteiger partial charge in [-0.1, -0.05) is 48.5 Å². The van der Waals surface area contributed by atoms with Crippen molar-refractivity contribution in [2.24, 2.45) is 0 Å². The highest BCUT2D eigenvalue weighted by atomic mass is 16.6. The summed E-state index contributed by atoms with van der Waals surface area (Å²) in [6, 6.07) is 17.3. The van der Waals surface area contributed by atoms with Crippen molar-refractivity contribution in [3.05, 3.63) is 92.8 Å². The molecule has 2 aromatic carbocycles. The highest BCUT2D eigenvalue weighted by Crippen LogP contribution is 2.44. The number of alkyl carbamates (subject to hydrolysis) is 2. The van der Waals surface area contributed by atoms with Crippen molar-refractivity contribution in [1.82, 2.24) is 20.2 Å². The minimum absolute atomic E-state index is 0.0252. The largest absolute Gasteiger partial charge is 0.449 e. The maximum absolute atomic E-state index is 12.4. The highest BCUT2D eigenvalue weighted by molar-refractivity contribution is 5.79. The normalized spacial score (nSPS) is 20.7. The van der Waals surface area contributed by atoms with E-state index in [-0.39, 0.29) is 25.5 Å². The van der Waals surface area contributed by atoms with Gasteiger partial charge in [0.1, 0.15) is 19.3 Å². The van der Waals surface area contributed by atoms with Crippen LogP contribution in [0.5, 0.6) is 0 Å². The first-order chi connectivity index (χ1) is 20.8. The van der Waals surface area contributed by atoms with Crippen molar-refractivity contribution >= 4 is 12.2 Å². The van der Waals surface area contributed by atoms with E-state index in [1.807, 2.05) is 24.3 Å². The third-order valence-electron chi connectivity index (χ3n) is 7.69. The van der Waals surface area contributed by atoms with E-state index in [4.69, 9.17) is 14.2 Å². The van der Waals surface area contributed by atoms with Gasteiger partial charge in [-0.15, -0.1) is 0 Å². The Bertz CT molecular complexity index is 1530. The quantitative estimate of drug-likeness (QED) is 0.205. The molecule has 5 rings (SSSR count). The van der Waals surface area contributed by atoms with E-state index >= 15 is 0 Å². The number of benzene rings is 2. The van der Waals surface area contributed by atoms with Gasteiger partial charge in [0.25, 0.3) is 5.56 Å². The number of nitrogens with one attached hydrogen (secondary N) is 3. The Labute approximate surface area is 246 Å². The van der Waals surface area contributed by atoms with Crippen LogP contribution in [-0.2, 0) is 19.9 Å². The summed E-state index contributed by atoms with van der Waals surface area (Å²) in [5, 5.41) is 25.1. The van der Waals surface area contributed by atoms with Crippen molar-refractivity contribution in [2.75, 3.05) is 32.9 Å².